The van der Waals surface area contributed by atoms with Crippen LogP contribution in [-0.4, -0.2) is 28.3 Å². The SMILES string of the molecule is COc1ccc(NC(=O)CSc2nc3sc4c(c3c(=O)n2-c2cccc(Cl)c2C)CCCC4)cc1Cl. The molecule has 0 radical (unpaired) electrons. The Hall–Kier alpha value is -2.52. The average Bonchev–Trinajstić information content (AvgIpc) is 3.24. The number of hydrogen-bond acceptors (Lipinski definition) is 6. The number of anilines is 1. The number of rotatable bonds is 6. The number of fused-ring (bicyclic) bond motifs is 3. The summed E-state index contributed by atoms with van der Waals surface area (Å²) in [6.45, 7) is 1.88. The molecule has 1 aliphatic carbocycles. The second-order valence-electron chi connectivity index (χ2n) is 8.50. The van der Waals surface area contributed by atoms with Gasteiger partial charge in [0.2, 0.25) is 5.91 Å². The van der Waals surface area contributed by atoms with Crippen LogP contribution in [0.4, 0.5) is 5.69 Å². The lowest BCUT2D eigenvalue weighted by Gasteiger charge is -2.16. The number of hydrogen-bond donors (Lipinski definition) is 1. The fraction of sp³-hybridized carbons (Fsp3) is 0.269. The molecule has 0 bridgehead atoms. The third kappa shape index (κ3) is 4.75. The van der Waals surface area contributed by atoms with Gasteiger partial charge in [0.1, 0.15) is 10.6 Å². The molecule has 2 aromatic heterocycles. The van der Waals surface area contributed by atoms with E-state index >= 15 is 0 Å². The van der Waals surface area contributed by atoms with Crippen LogP contribution >= 0.6 is 46.3 Å². The van der Waals surface area contributed by atoms with Crippen molar-refractivity contribution in [3.8, 4) is 11.4 Å². The topological polar surface area (TPSA) is 73.2 Å². The molecule has 1 amide bonds. The summed E-state index contributed by atoms with van der Waals surface area (Å²) in [6, 6.07) is 10.5. The molecule has 5 rings (SSSR count). The van der Waals surface area contributed by atoms with Crippen molar-refractivity contribution < 1.29 is 9.53 Å². The zero-order valence-corrected chi connectivity index (χ0v) is 22.8. The van der Waals surface area contributed by atoms with E-state index < -0.39 is 0 Å². The summed E-state index contributed by atoms with van der Waals surface area (Å²) in [6.07, 6.45) is 4.06. The lowest BCUT2D eigenvalue weighted by Crippen LogP contribution is -2.24. The Bertz CT molecular complexity index is 1550. The van der Waals surface area contributed by atoms with Gasteiger partial charge in [-0.2, -0.15) is 0 Å². The van der Waals surface area contributed by atoms with E-state index in [9.17, 15) is 9.59 Å². The van der Waals surface area contributed by atoms with Crippen LogP contribution in [0.3, 0.4) is 0 Å². The minimum Gasteiger partial charge on any atom is -0.495 e. The summed E-state index contributed by atoms with van der Waals surface area (Å²) in [7, 11) is 1.53. The lowest BCUT2D eigenvalue weighted by molar-refractivity contribution is -0.113. The fourth-order valence-corrected chi connectivity index (χ4v) is 6.94. The van der Waals surface area contributed by atoms with Crippen molar-refractivity contribution in [2.75, 3.05) is 18.2 Å². The zero-order chi connectivity index (χ0) is 25.4. The lowest BCUT2D eigenvalue weighted by atomic mass is 9.97. The van der Waals surface area contributed by atoms with E-state index in [1.807, 2.05) is 19.1 Å². The molecule has 0 unspecified atom stereocenters. The van der Waals surface area contributed by atoms with Crippen LogP contribution in [0.15, 0.2) is 46.3 Å². The fourth-order valence-electron chi connectivity index (χ4n) is 4.41. The quantitative estimate of drug-likeness (QED) is 0.210. The van der Waals surface area contributed by atoms with Crippen molar-refractivity contribution in [1.29, 1.82) is 0 Å². The van der Waals surface area contributed by atoms with Gasteiger partial charge >= 0.3 is 0 Å². The summed E-state index contributed by atoms with van der Waals surface area (Å²) in [5, 5.41) is 4.96. The van der Waals surface area contributed by atoms with E-state index in [1.54, 1.807) is 40.2 Å². The van der Waals surface area contributed by atoms with Gasteiger partial charge in [0.25, 0.3) is 5.56 Å². The second-order valence-corrected chi connectivity index (χ2v) is 11.3. The van der Waals surface area contributed by atoms with E-state index in [2.05, 4.69) is 5.32 Å². The number of aryl methyl sites for hydroxylation is 2. The Kier molecular flexibility index (Phi) is 7.30. The number of halogens is 2. The summed E-state index contributed by atoms with van der Waals surface area (Å²) in [5.74, 6) is 0.350. The maximum absolute atomic E-state index is 13.9. The van der Waals surface area contributed by atoms with Gasteiger partial charge < -0.3 is 10.1 Å². The largest absolute Gasteiger partial charge is 0.495 e. The average molecular weight is 561 g/mol. The monoisotopic (exact) mass is 559 g/mol. The Morgan fingerprint density at radius 3 is 2.78 bits per heavy atom. The van der Waals surface area contributed by atoms with Crippen molar-refractivity contribution in [3.63, 3.8) is 0 Å². The molecule has 0 atom stereocenters. The molecule has 4 aromatic rings. The molecule has 0 fully saturated rings. The first kappa shape index (κ1) is 25.1. The number of thioether (sulfide) groups is 1. The van der Waals surface area contributed by atoms with Gasteiger partial charge in [-0.25, -0.2) is 4.98 Å². The maximum Gasteiger partial charge on any atom is 0.267 e. The van der Waals surface area contributed by atoms with Gasteiger partial charge in [0.15, 0.2) is 5.16 Å². The third-order valence-corrected chi connectivity index (χ3v) is 9.04. The van der Waals surface area contributed by atoms with Crippen LogP contribution < -0.4 is 15.6 Å². The smallest absolute Gasteiger partial charge is 0.267 e. The van der Waals surface area contributed by atoms with Crippen molar-refractivity contribution in [2.45, 2.75) is 37.8 Å². The van der Waals surface area contributed by atoms with Gasteiger partial charge in [-0.15, -0.1) is 11.3 Å². The van der Waals surface area contributed by atoms with E-state index in [-0.39, 0.29) is 17.2 Å². The van der Waals surface area contributed by atoms with Gasteiger partial charge in [0.05, 0.1) is 29.0 Å². The van der Waals surface area contributed by atoms with Gasteiger partial charge in [-0.1, -0.05) is 41.0 Å². The summed E-state index contributed by atoms with van der Waals surface area (Å²) in [4.78, 5) is 33.6. The third-order valence-electron chi connectivity index (χ3n) is 6.21. The highest BCUT2D eigenvalue weighted by Gasteiger charge is 2.24. The Morgan fingerprint density at radius 2 is 2.00 bits per heavy atom. The van der Waals surface area contributed by atoms with Gasteiger partial charge in [-0.05, 0) is 74.1 Å². The number of aromatic nitrogens is 2. The van der Waals surface area contributed by atoms with Crippen LogP contribution in [0.25, 0.3) is 15.9 Å². The second kappa shape index (κ2) is 10.5. The number of carbonyl (C=O) groups is 1. The molecule has 1 aliphatic rings. The highest BCUT2D eigenvalue weighted by atomic mass is 35.5. The molecule has 0 spiro atoms. The number of methoxy groups -OCH3 is 1. The number of nitrogens with one attached hydrogen (secondary N) is 1. The van der Waals surface area contributed by atoms with E-state index in [0.29, 0.717) is 37.7 Å². The standard InChI is InChI=1S/C26H23Cl2N3O3S2/c1-14-17(27)7-5-8-19(14)31-25(33)23-16-6-3-4-9-21(16)36-24(23)30-26(31)35-13-22(32)29-15-10-11-20(34-2)18(28)12-15/h5,7-8,10-12H,3-4,6,9,13H2,1-2H3,(H,29,32). The predicted octanol–water partition coefficient (Wildman–Crippen LogP) is 6.68. The summed E-state index contributed by atoms with van der Waals surface area (Å²) in [5.41, 5.74) is 3.02. The van der Waals surface area contributed by atoms with E-state index in [4.69, 9.17) is 32.9 Å². The molecule has 6 nitrogen and oxygen atoms in total. The van der Waals surface area contributed by atoms with Gasteiger partial charge in [0, 0.05) is 15.6 Å². The first-order valence-corrected chi connectivity index (χ1v) is 14.0. The minimum atomic E-state index is -0.240. The number of amides is 1. The van der Waals surface area contributed by atoms with Crippen LogP contribution in [0.5, 0.6) is 5.75 Å². The molecule has 1 N–H and O–H groups in total. The molecule has 0 saturated heterocycles. The molecule has 0 aliphatic heterocycles. The van der Waals surface area contributed by atoms with Crippen molar-refractivity contribution in [3.05, 3.63) is 72.8 Å². The predicted molar refractivity (Wildman–Crippen MR) is 149 cm³/mol. The highest BCUT2D eigenvalue weighted by Crippen LogP contribution is 2.36. The van der Waals surface area contributed by atoms with Crippen LogP contribution in [0.2, 0.25) is 10.0 Å². The van der Waals surface area contributed by atoms with E-state index in [1.165, 1.54) is 23.7 Å². The summed E-state index contributed by atoms with van der Waals surface area (Å²) >= 11 is 15.4. The number of ether oxygens (including phenoxy) is 1. The van der Waals surface area contributed by atoms with Crippen molar-refractivity contribution in [2.24, 2.45) is 0 Å². The Labute approximate surface area is 226 Å². The van der Waals surface area contributed by atoms with Crippen molar-refractivity contribution >= 4 is 68.1 Å². The first-order valence-electron chi connectivity index (χ1n) is 11.5. The van der Waals surface area contributed by atoms with E-state index in [0.717, 1.165) is 41.6 Å². The molecule has 2 aromatic carbocycles. The molecule has 0 saturated carbocycles. The minimum absolute atomic E-state index is 0.0618. The first-order chi connectivity index (χ1) is 17.4. The Morgan fingerprint density at radius 1 is 1.19 bits per heavy atom. The Balaban J connectivity index is 1.52. The van der Waals surface area contributed by atoms with Crippen LogP contribution in [-0.2, 0) is 17.6 Å². The molecule has 36 heavy (non-hydrogen) atoms. The molecule has 186 valence electrons. The zero-order valence-electron chi connectivity index (χ0n) is 19.7. The maximum atomic E-state index is 13.9. The molecule has 2 heterocycles. The van der Waals surface area contributed by atoms with Crippen LogP contribution in [0, 0.1) is 6.92 Å². The number of carbonyl (C=O) groups excluding carboxylic acids is 1. The summed E-state index contributed by atoms with van der Waals surface area (Å²) < 4.78 is 6.77. The number of nitrogens with zero attached hydrogens (tertiary/aromatic N) is 2. The highest BCUT2D eigenvalue weighted by molar-refractivity contribution is 7.99. The van der Waals surface area contributed by atoms with Crippen molar-refractivity contribution in [1.82, 2.24) is 9.55 Å². The molecular weight excluding hydrogens is 537 g/mol. The molecule has 10 heteroatoms. The number of benzene rings is 2. The number of thiophene rings is 1. The van der Waals surface area contributed by atoms with Crippen LogP contribution in [0.1, 0.15) is 28.8 Å². The normalized spacial score (nSPS) is 13.0. The van der Waals surface area contributed by atoms with Gasteiger partial charge in [-0.3, -0.25) is 14.2 Å². The molecular formula is C26H23Cl2N3O3S2.